The quantitative estimate of drug-likeness (QED) is 0.522. The van der Waals surface area contributed by atoms with E-state index in [2.05, 4.69) is 0 Å². The van der Waals surface area contributed by atoms with Crippen molar-refractivity contribution in [3.05, 3.63) is 29.3 Å². The molecule has 0 unspecified atom stereocenters. The van der Waals surface area contributed by atoms with Crippen molar-refractivity contribution in [1.29, 1.82) is 0 Å². The molecule has 0 fully saturated rings. The van der Waals surface area contributed by atoms with E-state index < -0.39 is 30.2 Å². The standard InChI is InChI=1S/C7H6BF2NO3/c9-4-1-3(8(13)14)2-5(10)6(4)7(11)12/h1-2,13-14H,(H2,11,12). The van der Waals surface area contributed by atoms with Gasteiger partial charge in [-0.2, -0.15) is 0 Å². The zero-order chi connectivity index (χ0) is 10.9. The molecule has 1 aromatic carbocycles. The molecule has 0 aliphatic rings. The Balaban J connectivity index is 3.32. The van der Waals surface area contributed by atoms with E-state index in [4.69, 9.17) is 15.8 Å². The van der Waals surface area contributed by atoms with Crippen LogP contribution in [0, 0.1) is 11.6 Å². The zero-order valence-electron chi connectivity index (χ0n) is 6.87. The first-order chi connectivity index (χ1) is 6.43. The molecule has 74 valence electrons. The highest BCUT2D eigenvalue weighted by molar-refractivity contribution is 6.58. The second-order valence-corrected chi connectivity index (χ2v) is 2.60. The molecule has 0 radical (unpaired) electrons. The van der Waals surface area contributed by atoms with E-state index in [0.29, 0.717) is 12.1 Å². The monoisotopic (exact) mass is 201 g/mol. The van der Waals surface area contributed by atoms with Crippen LogP contribution in [0.4, 0.5) is 8.78 Å². The van der Waals surface area contributed by atoms with Crippen LogP contribution in [-0.4, -0.2) is 23.1 Å². The molecule has 0 saturated heterocycles. The van der Waals surface area contributed by atoms with Crippen LogP contribution in [0.25, 0.3) is 0 Å². The van der Waals surface area contributed by atoms with Gasteiger partial charge in [0, 0.05) is 0 Å². The molecule has 0 aliphatic heterocycles. The van der Waals surface area contributed by atoms with Crippen molar-refractivity contribution in [2.24, 2.45) is 5.73 Å². The summed E-state index contributed by atoms with van der Waals surface area (Å²) in [5.41, 5.74) is 3.42. The molecule has 0 heterocycles. The summed E-state index contributed by atoms with van der Waals surface area (Å²) >= 11 is 0. The Kier molecular flexibility index (Phi) is 2.83. The molecular formula is C7H6BF2NO3. The minimum Gasteiger partial charge on any atom is -0.423 e. The molecule has 0 saturated carbocycles. The van der Waals surface area contributed by atoms with Gasteiger partial charge < -0.3 is 15.8 Å². The topological polar surface area (TPSA) is 83.6 Å². The fourth-order valence-electron chi connectivity index (χ4n) is 0.977. The minimum atomic E-state index is -2.00. The lowest BCUT2D eigenvalue weighted by Gasteiger charge is -2.04. The average Bonchev–Trinajstić information content (AvgIpc) is 2.01. The van der Waals surface area contributed by atoms with E-state index >= 15 is 0 Å². The van der Waals surface area contributed by atoms with Gasteiger partial charge in [-0.05, 0) is 17.6 Å². The summed E-state index contributed by atoms with van der Waals surface area (Å²) in [7, 11) is -2.00. The summed E-state index contributed by atoms with van der Waals surface area (Å²) in [6, 6.07) is 1.27. The molecule has 1 rings (SSSR count). The molecule has 0 bridgehead atoms. The first-order valence-electron chi connectivity index (χ1n) is 3.58. The fraction of sp³-hybridized carbons (Fsp3) is 0. The highest BCUT2D eigenvalue weighted by atomic mass is 19.1. The highest BCUT2D eigenvalue weighted by Gasteiger charge is 2.20. The van der Waals surface area contributed by atoms with E-state index in [-0.39, 0.29) is 5.46 Å². The van der Waals surface area contributed by atoms with Crippen molar-refractivity contribution in [3.63, 3.8) is 0 Å². The molecule has 1 amide bonds. The van der Waals surface area contributed by atoms with Crippen molar-refractivity contribution >= 4 is 18.5 Å². The number of carbonyl (C=O) groups excluding carboxylic acids is 1. The van der Waals surface area contributed by atoms with Gasteiger partial charge in [0.15, 0.2) is 0 Å². The molecule has 4 N–H and O–H groups in total. The van der Waals surface area contributed by atoms with Crippen LogP contribution in [0.2, 0.25) is 0 Å². The summed E-state index contributed by atoms with van der Waals surface area (Å²) in [6.07, 6.45) is 0. The summed E-state index contributed by atoms with van der Waals surface area (Å²) in [5.74, 6) is -3.69. The number of halogens is 2. The summed E-state index contributed by atoms with van der Waals surface area (Å²) in [6.45, 7) is 0. The lowest BCUT2D eigenvalue weighted by atomic mass is 9.80. The van der Waals surface area contributed by atoms with Crippen LogP contribution in [0.15, 0.2) is 12.1 Å². The Morgan fingerprint density at radius 2 is 1.71 bits per heavy atom. The van der Waals surface area contributed by atoms with Crippen molar-refractivity contribution in [3.8, 4) is 0 Å². The zero-order valence-corrected chi connectivity index (χ0v) is 6.87. The number of carbonyl (C=O) groups is 1. The molecule has 4 nitrogen and oxygen atoms in total. The van der Waals surface area contributed by atoms with Gasteiger partial charge in [-0.3, -0.25) is 4.79 Å². The number of hydrogen-bond acceptors (Lipinski definition) is 3. The smallest absolute Gasteiger partial charge is 0.423 e. The third-order valence-electron chi connectivity index (χ3n) is 1.61. The molecule has 7 heteroatoms. The predicted octanol–water partition coefficient (Wildman–Crippen LogP) is -1.26. The van der Waals surface area contributed by atoms with E-state index in [1.807, 2.05) is 0 Å². The van der Waals surface area contributed by atoms with Crippen molar-refractivity contribution in [2.45, 2.75) is 0 Å². The fourth-order valence-corrected chi connectivity index (χ4v) is 0.977. The lowest BCUT2D eigenvalue weighted by Crippen LogP contribution is -2.32. The van der Waals surface area contributed by atoms with Crippen molar-refractivity contribution in [2.75, 3.05) is 0 Å². The first kappa shape index (κ1) is 10.6. The first-order valence-corrected chi connectivity index (χ1v) is 3.58. The average molecular weight is 201 g/mol. The molecule has 0 spiro atoms. The van der Waals surface area contributed by atoms with Gasteiger partial charge in [0.25, 0.3) is 5.91 Å². The summed E-state index contributed by atoms with van der Waals surface area (Å²) in [4.78, 5) is 10.5. The Hall–Kier alpha value is -1.47. The van der Waals surface area contributed by atoms with Gasteiger partial charge in [0.2, 0.25) is 0 Å². The SMILES string of the molecule is NC(=O)c1c(F)cc(B(O)O)cc1F. The Bertz CT molecular complexity index is 360. The maximum Gasteiger partial charge on any atom is 0.488 e. The van der Waals surface area contributed by atoms with Gasteiger partial charge in [0.1, 0.15) is 17.2 Å². The van der Waals surface area contributed by atoms with E-state index in [0.717, 1.165) is 0 Å². The minimum absolute atomic E-state index is 0.384. The Labute approximate surface area is 78.1 Å². The highest BCUT2D eigenvalue weighted by Crippen LogP contribution is 2.09. The van der Waals surface area contributed by atoms with Gasteiger partial charge in [-0.15, -0.1) is 0 Å². The Morgan fingerprint density at radius 1 is 1.29 bits per heavy atom. The number of rotatable bonds is 2. The second-order valence-electron chi connectivity index (χ2n) is 2.60. The van der Waals surface area contributed by atoms with E-state index in [1.54, 1.807) is 0 Å². The maximum absolute atomic E-state index is 13.0. The second kappa shape index (κ2) is 3.73. The number of primary amides is 1. The van der Waals surface area contributed by atoms with Gasteiger partial charge in [-0.1, -0.05) is 0 Å². The number of hydrogen-bond donors (Lipinski definition) is 3. The summed E-state index contributed by atoms with van der Waals surface area (Å²) < 4.78 is 25.9. The number of benzene rings is 1. The summed E-state index contributed by atoms with van der Waals surface area (Å²) in [5, 5.41) is 17.2. The molecule has 0 aliphatic carbocycles. The number of amides is 1. The lowest BCUT2D eigenvalue weighted by molar-refractivity contribution is 0.0992. The van der Waals surface area contributed by atoms with E-state index in [1.165, 1.54) is 0 Å². The van der Waals surface area contributed by atoms with Crippen LogP contribution in [0.1, 0.15) is 10.4 Å². The van der Waals surface area contributed by atoms with Gasteiger partial charge >= 0.3 is 7.12 Å². The predicted molar refractivity (Wildman–Crippen MR) is 44.7 cm³/mol. The van der Waals surface area contributed by atoms with Crippen LogP contribution in [-0.2, 0) is 0 Å². The Morgan fingerprint density at radius 3 is 2.00 bits per heavy atom. The normalized spacial score (nSPS) is 10.0. The maximum atomic E-state index is 13.0. The molecule has 0 atom stereocenters. The molecule has 14 heavy (non-hydrogen) atoms. The van der Waals surface area contributed by atoms with Gasteiger partial charge in [0.05, 0.1) is 0 Å². The van der Waals surface area contributed by atoms with Crippen molar-refractivity contribution < 1.29 is 23.6 Å². The largest absolute Gasteiger partial charge is 0.488 e. The molecular weight excluding hydrogens is 195 g/mol. The molecule has 1 aromatic rings. The molecule has 0 aromatic heterocycles. The van der Waals surface area contributed by atoms with Crippen LogP contribution in [0.3, 0.4) is 0 Å². The van der Waals surface area contributed by atoms with Gasteiger partial charge in [-0.25, -0.2) is 8.78 Å². The third-order valence-corrected chi connectivity index (χ3v) is 1.61. The third kappa shape index (κ3) is 1.89. The number of nitrogens with two attached hydrogens (primary N) is 1. The van der Waals surface area contributed by atoms with Crippen LogP contribution < -0.4 is 11.2 Å². The van der Waals surface area contributed by atoms with E-state index in [9.17, 15) is 13.6 Å². The van der Waals surface area contributed by atoms with Crippen LogP contribution in [0.5, 0.6) is 0 Å². The van der Waals surface area contributed by atoms with Crippen LogP contribution >= 0.6 is 0 Å². The van der Waals surface area contributed by atoms with Crippen molar-refractivity contribution in [1.82, 2.24) is 0 Å².